The summed E-state index contributed by atoms with van der Waals surface area (Å²) in [6.45, 7) is 4.66. The van der Waals surface area contributed by atoms with E-state index in [1.165, 1.54) is 12.8 Å². The summed E-state index contributed by atoms with van der Waals surface area (Å²) in [5, 5.41) is 3.39. The van der Waals surface area contributed by atoms with Gasteiger partial charge in [-0.3, -0.25) is 0 Å². The Morgan fingerprint density at radius 1 is 1.11 bits per heavy atom. The van der Waals surface area contributed by atoms with Crippen molar-refractivity contribution in [2.75, 3.05) is 19.5 Å². The molecule has 0 amide bonds. The second-order valence-corrected chi connectivity index (χ2v) is 5.86. The summed E-state index contributed by atoms with van der Waals surface area (Å²) in [5.74, 6) is 1.62. The first-order valence-electron chi connectivity index (χ1n) is 6.76. The van der Waals surface area contributed by atoms with E-state index in [0.29, 0.717) is 29.2 Å². The van der Waals surface area contributed by atoms with Gasteiger partial charge in [-0.15, -0.1) is 0 Å². The van der Waals surface area contributed by atoms with Crippen LogP contribution in [0.25, 0.3) is 0 Å². The van der Waals surface area contributed by atoms with Gasteiger partial charge in [-0.2, -0.15) is 9.97 Å². The molecule has 0 bridgehead atoms. The van der Waals surface area contributed by atoms with E-state index in [2.05, 4.69) is 29.1 Å². The zero-order valence-electron chi connectivity index (χ0n) is 12.2. The third-order valence-electron chi connectivity index (χ3n) is 3.77. The van der Waals surface area contributed by atoms with Crippen molar-refractivity contribution >= 4 is 5.95 Å². The van der Waals surface area contributed by atoms with Gasteiger partial charge in [0.15, 0.2) is 0 Å². The molecular weight excluding hydrogens is 242 g/mol. The molecule has 0 aromatic carbocycles. The van der Waals surface area contributed by atoms with Gasteiger partial charge in [0.05, 0.1) is 20.3 Å². The lowest BCUT2D eigenvalue weighted by Crippen LogP contribution is -2.30. The van der Waals surface area contributed by atoms with Crippen molar-refractivity contribution in [2.45, 2.75) is 45.6 Å². The third-order valence-corrected chi connectivity index (χ3v) is 3.77. The van der Waals surface area contributed by atoms with Gasteiger partial charge in [0.2, 0.25) is 17.7 Å². The molecular formula is C14H23N3O2. The first-order chi connectivity index (χ1) is 9.02. The van der Waals surface area contributed by atoms with Crippen LogP contribution in [-0.4, -0.2) is 30.2 Å². The summed E-state index contributed by atoms with van der Waals surface area (Å²) in [5.41, 5.74) is 0.463. The van der Waals surface area contributed by atoms with E-state index in [4.69, 9.17) is 9.47 Å². The Balaban J connectivity index is 2.03. The van der Waals surface area contributed by atoms with Crippen LogP contribution in [0.4, 0.5) is 5.95 Å². The molecule has 5 nitrogen and oxygen atoms in total. The fraction of sp³-hybridized carbons (Fsp3) is 0.714. The van der Waals surface area contributed by atoms with E-state index in [-0.39, 0.29) is 0 Å². The standard InChI is InChI=1S/C14H23N3O2/c1-14(2)7-5-10(6-8-14)15-13-16-11(18-3)9-12(17-13)19-4/h9-10H,5-8H2,1-4H3,(H,15,16,17). The van der Waals surface area contributed by atoms with Crippen molar-refractivity contribution in [1.82, 2.24) is 9.97 Å². The highest BCUT2D eigenvalue weighted by atomic mass is 16.5. The van der Waals surface area contributed by atoms with Crippen LogP contribution < -0.4 is 14.8 Å². The Morgan fingerprint density at radius 2 is 1.63 bits per heavy atom. The highest BCUT2D eigenvalue weighted by Crippen LogP contribution is 2.36. The summed E-state index contributed by atoms with van der Waals surface area (Å²) in [6.07, 6.45) is 4.75. The van der Waals surface area contributed by atoms with E-state index in [9.17, 15) is 0 Å². The maximum atomic E-state index is 5.15. The number of hydrogen-bond acceptors (Lipinski definition) is 5. The van der Waals surface area contributed by atoms with Crippen molar-refractivity contribution < 1.29 is 9.47 Å². The molecule has 19 heavy (non-hydrogen) atoms. The van der Waals surface area contributed by atoms with E-state index in [1.807, 2.05) is 0 Å². The first kappa shape index (κ1) is 13.9. The number of nitrogens with zero attached hydrogens (tertiary/aromatic N) is 2. The van der Waals surface area contributed by atoms with Crippen molar-refractivity contribution in [3.63, 3.8) is 0 Å². The van der Waals surface area contributed by atoms with E-state index in [0.717, 1.165) is 12.8 Å². The SMILES string of the molecule is COc1cc(OC)nc(NC2CCC(C)(C)CC2)n1. The average Bonchev–Trinajstić information content (AvgIpc) is 2.40. The van der Waals surface area contributed by atoms with Crippen molar-refractivity contribution in [3.8, 4) is 11.8 Å². The quantitative estimate of drug-likeness (QED) is 0.907. The predicted octanol–water partition coefficient (Wildman–Crippen LogP) is 2.87. The number of nitrogens with one attached hydrogen (secondary N) is 1. The summed E-state index contributed by atoms with van der Waals surface area (Å²) in [4.78, 5) is 8.61. The fourth-order valence-electron chi connectivity index (χ4n) is 2.40. The third kappa shape index (κ3) is 3.72. The minimum absolute atomic E-state index is 0.435. The van der Waals surface area contributed by atoms with Crippen LogP contribution in [0.1, 0.15) is 39.5 Å². The van der Waals surface area contributed by atoms with Gasteiger partial charge in [-0.05, 0) is 31.1 Å². The van der Waals surface area contributed by atoms with Crippen LogP contribution in [-0.2, 0) is 0 Å². The summed E-state index contributed by atoms with van der Waals surface area (Å²) < 4.78 is 10.3. The van der Waals surface area contributed by atoms with Crippen molar-refractivity contribution in [2.24, 2.45) is 5.41 Å². The van der Waals surface area contributed by atoms with Gasteiger partial charge in [-0.25, -0.2) is 0 Å². The van der Waals surface area contributed by atoms with Crippen LogP contribution in [0.15, 0.2) is 6.07 Å². The predicted molar refractivity (Wildman–Crippen MR) is 74.8 cm³/mol. The normalized spacial score (nSPS) is 18.9. The molecule has 0 saturated heterocycles. The molecule has 0 spiro atoms. The number of rotatable bonds is 4. The average molecular weight is 265 g/mol. The second-order valence-electron chi connectivity index (χ2n) is 5.86. The number of aromatic nitrogens is 2. The topological polar surface area (TPSA) is 56.3 Å². The molecule has 1 aromatic rings. The Hall–Kier alpha value is -1.52. The lowest BCUT2D eigenvalue weighted by molar-refractivity contribution is 0.232. The molecule has 1 N–H and O–H groups in total. The van der Waals surface area contributed by atoms with Gasteiger partial charge in [-0.1, -0.05) is 13.8 Å². The summed E-state index contributed by atoms with van der Waals surface area (Å²) >= 11 is 0. The van der Waals surface area contributed by atoms with Crippen LogP contribution in [0.2, 0.25) is 0 Å². The van der Waals surface area contributed by atoms with E-state index >= 15 is 0 Å². The van der Waals surface area contributed by atoms with E-state index in [1.54, 1.807) is 20.3 Å². The fourth-order valence-corrected chi connectivity index (χ4v) is 2.40. The molecule has 0 atom stereocenters. The Kier molecular flexibility index (Phi) is 4.12. The molecule has 0 aliphatic heterocycles. The molecule has 106 valence electrons. The van der Waals surface area contributed by atoms with Crippen LogP contribution >= 0.6 is 0 Å². The molecule has 1 aliphatic rings. The maximum absolute atomic E-state index is 5.15. The zero-order valence-corrected chi connectivity index (χ0v) is 12.2. The van der Waals surface area contributed by atoms with E-state index < -0.39 is 0 Å². The molecule has 5 heteroatoms. The number of methoxy groups -OCH3 is 2. The highest BCUT2D eigenvalue weighted by molar-refractivity contribution is 5.34. The molecule has 1 fully saturated rings. The van der Waals surface area contributed by atoms with Gasteiger partial charge in [0, 0.05) is 6.04 Å². The monoisotopic (exact) mass is 265 g/mol. The zero-order chi connectivity index (χ0) is 13.9. The van der Waals surface area contributed by atoms with Gasteiger partial charge >= 0.3 is 0 Å². The summed E-state index contributed by atoms with van der Waals surface area (Å²) in [6, 6.07) is 2.11. The first-order valence-corrected chi connectivity index (χ1v) is 6.76. The van der Waals surface area contributed by atoms with Crippen LogP contribution in [0, 0.1) is 5.41 Å². The largest absolute Gasteiger partial charge is 0.481 e. The molecule has 1 aromatic heterocycles. The molecule has 0 unspecified atom stereocenters. The number of anilines is 1. The molecule has 1 aliphatic carbocycles. The Bertz CT molecular complexity index is 402. The van der Waals surface area contributed by atoms with Crippen LogP contribution in [0.5, 0.6) is 11.8 Å². The molecule has 1 heterocycles. The van der Waals surface area contributed by atoms with Gasteiger partial charge in [0.1, 0.15) is 0 Å². The number of hydrogen-bond donors (Lipinski definition) is 1. The second kappa shape index (κ2) is 5.63. The van der Waals surface area contributed by atoms with Gasteiger partial charge in [0.25, 0.3) is 0 Å². The lowest BCUT2D eigenvalue weighted by Gasteiger charge is -2.34. The minimum atomic E-state index is 0.435. The summed E-state index contributed by atoms with van der Waals surface area (Å²) in [7, 11) is 3.18. The van der Waals surface area contributed by atoms with Crippen molar-refractivity contribution in [3.05, 3.63) is 6.07 Å². The Morgan fingerprint density at radius 3 is 2.11 bits per heavy atom. The Labute approximate surface area is 114 Å². The minimum Gasteiger partial charge on any atom is -0.481 e. The molecule has 1 saturated carbocycles. The van der Waals surface area contributed by atoms with Gasteiger partial charge < -0.3 is 14.8 Å². The van der Waals surface area contributed by atoms with Crippen molar-refractivity contribution in [1.29, 1.82) is 0 Å². The number of ether oxygens (including phenoxy) is 2. The highest BCUT2D eigenvalue weighted by Gasteiger charge is 2.27. The molecule has 0 radical (unpaired) electrons. The molecule has 2 rings (SSSR count). The smallest absolute Gasteiger partial charge is 0.229 e. The maximum Gasteiger partial charge on any atom is 0.229 e. The van der Waals surface area contributed by atoms with Crippen LogP contribution in [0.3, 0.4) is 0 Å². The lowest BCUT2D eigenvalue weighted by atomic mass is 9.76.